The number of carbonyl (C=O) groups is 2. The predicted octanol–water partition coefficient (Wildman–Crippen LogP) is 3.21. The summed E-state index contributed by atoms with van der Waals surface area (Å²) >= 11 is 0. The molecule has 0 saturated carbocycles. The number of ether oxygens (including phenoxy) is 3. The minimum Gasteiger partial charge on any atom is -0.493 e. The van der Waals surface area contributed by atoms with Crippen LogP contribution in [0, 0.1) is 11.7 Å². The van der Waals surface area contributed by atoms with Crippen molar-refractivity contribution < 1.29 is 41.4 Å². The number of alkyl halides is 3. The van der Waals surface area contributed by atoms with E-state index < -0.39 is 24.0 Å². The molecule has 2 aromatic carbocycles. The fourth-order valence-electron chi connectivity index (χ4n) is 3.23. The first-order chi connectivity index (χ1) is 14.7. The van der Waals surface area contributed by atoms with Crippen LogP contribution in [0.4, 0.5) is 23.2 Å². The van der Waals surface area contributed by atoms with Gasteiger partial charge in [-0.25, -0.2) is 4.39 Å². The SMILES string of the molecule is O=C1COc2cc(F)c(C(=O)N3CC(COc4ccc(OC(F)(F)F)cc4)C3)cc2N1. The first kappa shape index (κ1) is 20.8. The Bertz CT molecular complexity index is 1000. The third-order valence-corrected chi connectivity index (χ3v) is 4.72. The maximum absolute atomic E-state index is 14.3. The normalized spacial score (nSPS) is 16.0. The lowest BCUT2D eigenvalue weighted by atomic mass is 9.99. The zero-order valence-electron chi connectivity index (χ0n) is 15.9. The van der Waals surface area contributed by atoms with E-state index in [9.17, 15) is 27.2 Å². The summed E-state index contributed by atoms with van der Waals surface area (Å²) < 4.78 is 65.2. The van der Waals surface area contributed by atoms with Crippen LogP contribution < -0.4 is 19.5 Å². The lowest BCUT2D eigenvalue weighted by Crippen LogP contribution is -2.52. The molecule has 0 radical (unpaired) electrons. The van der Waals surface area contributed by atoms with Gasteiger partial charge in [0.25, 0.3) is 11.8 Å². The van der Waals surface area contributed by atoms with Crippen molar-refractivity contribution in [3.05, 3.63) is 47.8 Å². The number of carbonyl (C=O) groups excluding carboxylic acids is 2. The van der Waals surface area contributed by atoms with E-state index in [0.717, 1.165) is 18.2 Å². The highest BCUT2D eigenvalue weighted by Crippen LogP contribution is 2.32. The summed E-state index contributed by atoms with van der Waals surface area (Å²) in [5, 5.41) is 2.53. The highest BCUT2D eigenvalue weighted by Gasteiger charge is 2.34. The minimum absolute atomic E-state index is 0.0150. The van der Waals surface area contributed by atoms with Crippen LogP contribution in [-0.2, 0) is 4.79 Å². The Morgan fingerprint density at radius 2 is 1.84 bits per heavy atom. The number of halogens is 4. The molecule has 0 aliphatic carbocycles. The molecule has 2 amide bonds. The van der Waals surface area contributed by atoms with Crippen LogP contribution in [0.25, 0.3) is 0 Å². The second kappa shape index (κ2) is 7.97. The van der Waals surface area contributed by atoms with Gasteiger partial charge in [-0.3, -0.25) is 9.59 Å². The number of amides is 2. The van der Waals surface area contributed by atoms with Crippen LogP contribution in [0.15, 0.2) is 36.4 Å². The van der Waals surface area contributed by atoms with Crippen LogP contribution in [0.3, 0.4) is 0 Å². The molecule has 0 spiro atoms. The van der Waals surface area contributed by atoms with Gasteiger partial charge in [0.2, 0.25) is 0 Å². The van der Waals surface area contributed by atoms with Crippen molar-refractivity contribution in [2.24, 2.45) is 5.92 Å². The molecule has 1 N–H and O–H groups in total. The van der Waals surface area contributed by atoms with Crippen molar-refractivity contribution in [2.45, 2.75) is 6.36 Å². The Labute approximate surface area is 173 Å². The molecule has 1 saturated heterocycles. The lowest BCUT2D eigenvalue weighted by Gasteiger charge is -2.39. The molecule has 0 unspecified atom stereocenters. The zero-order valence-corrected chi connectivity index (χ0v) is 15.9. The fraction of sp³-hybridized carbons (Fsp3) is 0.300. The summed E-state index contributed by atoms with van der Waals surface area (Å²) in [7, 11) is 0. The smallest absolute Gasteiger partial charge is 0.493 e. The van der Waals surface area contributed by atoms with E-state index in [2.05, 4.69) is 10.1 Å². The fourth-order valence-corrected chi connectivity index (χ4v) is 3.23. The van der Waals surface area contributed by atoms with E-state index >= 15 is 0 Å². The van der Waals surface area contributed by atoms with Crippen molar-refractivity contribution in [3.8, 4) is 17.2 Å². The first-order valence-corrected chi connectivity index (χ1v) is 9.22. The first-order valence-electron chi connectivity index (χ1n) is 9.22. The number of anilines is 1. The molecular weight excluding hydrogens is 424 g/mol. The Morgan fingerprint density at radius 1 is 1.16 bits per heavy atom. The van der Waals surface area contributed by atoms with Crippen LogP contribution in [-0.4, -0.2) is 49.4 Å². The Morgan fingerprint density at radius 3 is 2.52 bits per heavy atom. The second-order valence-corrected chi connectivity index (χ2v) is 7.07. The molecule has 0 atom stereocenters. The van der Waals surface area contributed by atoms with Gasteiger partial charge in [0, 0.05) is 25.1 Å². The van der Waals surface area contributed by atoms with Crippen LogP contribution in [0.2, 0.25) is 0 Å². The second-order valence-electron chi connectivity index (χ2n) is 7.07. The molecule has 0 bridgehead atoms. The standard InChI is InChI=1S/C20H16F4N2O5/c21-15-6-17-16(25-18(27)10-30-17)5-14(15)19(28)26-7-11(8-26)9-29-12-1-3-13(4-2-12)31-20(22,23)24/h1-6,11H,7-10H2,(H,25,27). The Balaban J connectivity index is 1.29. The summed E-state index contributed by atoms with van der Waals surface area (Å²) in [6, 6.07) is 7.29. The quantitative estimate of drug-likeness (QED) is 0.723. The molecule has 1 fully saturated rings. The molecule has 0 aromatic heterocycles. The molecule has 31 heavy (non-hydrogen) atoms. The number of nitrogens with one attached hydrogen (secondary N) is 1. The number of hydrogen-bond acceptors (Lipinski definition) is 5. The summed E-state index contributed by atoms with van der Waals surface area (Å²) in [6.07, 6.45) is -4.76. The van der Waals surface area contributed by atoms with Gasteiger partial charge >= 0.3 is 6.36 Å². The molecule has 2 heterocycles. The van der Waals surface area contributed by atoms with Gasteiger partial charge in [-0.1, -0.05) is 0 Å². The van der Waals surface area contributed by atoms with Gasteiger partial charge in [-0.15, -0.1) is 13.2 Å². The monoisotopic (exact) mass is 440 g/mol. The number of nitrogens with zero attached hydrogens (tertiary/aromatic N) is 1. The van der Waals surface area contributed by atoms with E-state index in [4.69, 9.17) is 9.47 Å². The Kier molecular flexibility index (Phi) is 5.34. The predicted molar refractivity (Wildman–Crippen MR) is 98.5 cm³/mol. The molecule has 7 nitrogen and oxygen atoms in total. The third-order valence-electron chi connectivity index (χ3n) is 4.72. The molecule has 2 aromatic rings. The van der Waals surface area contributed by atoms with Crippen molar-refractivity contribution in [1.29, 1.82) is 0 Å². The molecule has 164 valence electrons. The van der Waals surface area contributed by atoms with E-state index in [-0.39, 0.29) is 41.9 Å². The van der Waals surface area contributed by atoms with Crippen molar-refractivity contribution in [1.82, 2.24) is 4.90 Å². The number of benzene rings is 2. The summed E-state index contributed by atoms with van der Waals surface area (Å²) in [5.74, 6) is -1.51. The number of rotatable bonds is 5. The largest absolute Gasteiger partial charge is 0.573 e. The van der Waals surface area contributed by atoms with Gasteiger partial charge in [0.1, 0.15) is 23.1 Å². The van der Waals surface area contributed by atoms with Crippen molar-refractivity contribution in [3.63, 3.8) is 0 Å². The summed E-state index contributed by atoms with van der Waals surface area (Å²) in [6.45, 7) is 0.673. The van der Waals surface area contributed by atoms with Crippen molar-refractivity contribution >= 4 is 17.5 Å². The minimum atomic E-state index is -4.76. The highest BCUT2D eigenvalue weighted by atomic mass is 19.4. The number of hydrogen-bond donors (Lipinski definition) is 1. The van der Waals surface area contributed by atoms with Gasteiger partial charge in [-0.2, -0.15) is 0 Å². The average molecular weight is 440 g/mol. The maximum atomic E-state index is 14.3. The van der Waals surface area contributed by atoms with Crippen LogP contribution >= 0.6 is 0 Å². The van der Waals surface area contributed by atoms with Gasteiger partial charge in [0.05, 0.1) is 17.9 Å². The number of fused-ring (bicyclic) bond motifs is 1. The highest BCUT2D eigenvalue weighted by molar-refractivity contribution is 6.00. The molecule has 2 aliphatic heterocycles. The van der Waals surface area contributed by atoms with Crippen LogP contribution in [0.5, 0.6) is 17.2 Å². The molecular formula is C20H16F4N2O5. The van der Waals surface area contributed by atoms with E-state index in [1.54, 1.807) is 0 Å². The van der Waals surface area contributed by atoms with Gasteiger partial charge in [0.15, 0.2) is 6.61 Å². The molecule has 4 rings (SSSR count). The summed E-state index contributed by atoms with van der Waals surface area (Å²) in [5.41, 5.74) is 0.0588. The van der Waals surface area contributed by atoms with Gasteiger partial charge < -0.3 is 24.4 Å². The zero-order chi connectivity index (χ0) is 22.2. The maximum Gasteiger partial charge on any atom is 0.573 e. The van der Waals surface area contributed by atoms with E-state index in [1.807, 2.05) is 0 Å². The summed E-state index contributed by atoms with van der Waals surface area (Å²) in [4.78, 5) is 25.4. The Hall–Kier alpha value is -3.50. The van der Waals surface area contributed by atoms with Crippen LogP contribution in [0.1, 0.15) is 10.4 Å². The molecule has 2 aliphatic rings. The van der Waals surface area contributed by atoms with Gasteiger partial charge in [-0.05, 0) is 30.3 Å². The number of likely N-dealkylation sites (tertiary alicyclic amines) is 1. The third kappa shape index (κ3) is 4.81. The van der Waals surface area contributed by atoms with E-state index in [0.29, 0.717) is 18.8 Å². The molecule has 11 heteroatoms. The average Bonchev–Trinajstić information content (AvgIpc) is 2.66. The lowest BCUT2D eigenvalue weighted by molar-refractivity contribution is -0.274. The van der Waals surface area contributed by atoms with Crippen molar-refractivity contribution in [2.75, 3.05) is 31.6 Å². The topological polar surface area (TPSA) is 77.1 Å². The van der Waals surface area contributed by atoms with E-state index in [1.165, 1.54) is 23.1 Å².